The number of aromatic nitrogens is 2. The van der Waals surface area contributed by atoms with Crippen LogP contribution in [0.15, 0.2) is 48.5 Å². The Morgan fingerprint density at radius 2 is 1.75 bits per heavy atom. The highest BCUT2D eigenvalue weighted by Gasteiger charge is 2.33. The molecule has 1 N–H and O–H groups in total. The number of benzene rings is 2. The minimum absolute atomic E-state index is 0.0678. The van der Waals surface area contributed by atoms with Crippen molar-refractivity contribution in [2.75, 3.05) is 18.9 Å². The Hall–Kier alpha value is -3.33. The molecule has 0 aliphatic rings. The van der Waals surface area contributed by atoms with Crippen molar-refractivity contribution in [3.63, 3.8) is 0 Å². The van der Waals surface area contributed by atoms with Crippen LogP contribution in [0, 0.1) is 13.8 Å². The van der Waals surface area contributed by atoms with Gasteiger partial charge in [-0.2, -0.15) is 18.3 Å². The maximum atomic E-state index is 13.0. The first-order chi connectivity index (χ1) is 15.0. The number of alkyl halides is 3. The van der Waals surface area contributed by atoms with Crippen LogP contribution in [0.3, 0.4) is 0 Å². The average molecular weight is 465 g/mol. The summed E-state index contributed by atoms with van der Waals surface area (Å²) < 4.78 is 40.7. The molecule has 32 heavy (non-hydrogen) atoms. The Morgan fingerprint density at radius 3 is 2.31 bits per heavy atom. The van der Waals surface area contributed by atoms with Gasteiger partial charge in [-0.05, 0) is 62.4 Å². The van der Waals surface area contributed by atoms with Gasteiger partial charge in [0.15, 0.2) is 0 Å². The van der Waals surface area contributed by atoms with Crippen LogP contribution in [-0.4, -0.2) is 40.1 Å². The summed E-state index contributed by atoms with van der Waals surface area (Å²) in [4.78, 5) is 26.1. The predicted octanol–water partition coefficient (Wildman–Crippen LogP) is 4.87. The maximum absolute atomic E-state index is 13.0. The molecule has 10 heteroatoms. The Labute approximate surface area is 187 Å². The summed E-state index contributed by atoms with van der Waals surface area (Å²) in [5.74, 6) is -1.05. The van der Waals surface area contributed by atoms with E-state index in [1.54, 1.807) is 28.9 Å². The Balaban J connectivity index is 1.65. The molecule has 168 valence electrons. The molecule has 0 aliphatic heterocycles. The van der Waals surface area contributed by atoms with Gasteiger partial charge in [0.05, 0.1) is 28.5 Å². The minimum Gasteiger partial charge on any atom is -0.332 e. The summed E-state index contributed by atoms with van der Waals surface area (Å²) in [6.45, 7) is 3.46. The molecule has 0 spiro atoms. The van der Waals surface area contributed by atoms with E-state index in [1.807, 2.05) is 19.9 Å². The van der Waals surface area contributed by atoms with Crippen molar-refractivity contribution in [2.24, 2.45) is 0 Å². The number of nitrogens with one attached hydrogen (secondary N) is 1. The van der Waals surface area contributed by atoms with E-state index in [1.165, 1.54) is 18.0 Å². The molecule has 6 nitrogen and oxygen atoms in total. The first-order valence-corrected chi connectivity index (χ1v) is 9.89. The van der Waals surface area contributed by atoms with Gasteiger partial charge in [-0.3, -0.25) is 9.59 Å². The van der Waals surface area contributed by atoms with E-state index >= 15 is 0 Å². The number of carbonyl (C=O) groups excluding carboxylic acids is 2. The molecular weight excluding hydrogens is 445 g/mol. The molecule has 1 aromatic heterocycles. The summed E-state index contributed by atoms with van der Waals surface area (Å²) >= 11 is 5.58. The molecule has 1 heterocycles. The number of halogens is 4. The zero-order valence-electron chi connectivity index (χ0n) is 17.5. The highest BCUT2D eigenvalue weighted by Crippen LogP contribution is 2.36. The number of carbonyl (C=O) groups is 2. The predicted molar refractivity (Wildman–Crippen MR) is 115 cm³/mol. The zero-order chi connectivity index (χ0) is 23.6. The van der Waals surface area contributed by atoms with Crippen molar-refractivity contribution >= 4 is 29.1 Å². The van der Waals surface area contributed by atoms with E-state index in [0.29, 0.717) is 5.56 Å². The van der Waals surface area contributed by atoms with Gasteiger partial charge in [0.25, 0.3) is 5.91 Å². The molecule has 0 atom stereocenters. The van der Waals surface area contributed by atoms with E-state index in [2.05, 4.69) is 10.4 Å². The molecule has 0 unspecified atom stereocenters. The first-order valence-electron chi connectivity index (χ1n) is 9.51. The van der Waals surface area contributed by atoms with Crippen LogP contribution in [0.5, 0.6) is 0 Å². The van der Waals surface area contributed by atoms with Crippen molar-refractivity contribution < 1.29 is 22.8 Å². The smallest absolute Gasteiger partial charge is 0.332 e. The van der Waals surface area contributed by atoms with Gasteiger partial charge < -0.3 is 10.2 Å². The zero-order valence-corrected chi connectivity index (χ0v) is 18.3. The van der Waals surface area contributed by atoms with Gasteiger partial charge >= 0.3 is 6.18 Å². The molecule has 3 rings (SSSR count). The number of hydrogen-bond acceptors (Lipinski definition) is 3. The Kier molecular flexibility index (Phi) is 6.59. The lowest BCUT2D eigenvalue weighted by molar-refractivity contribution is -0.137. The third-order valence-corrected chi connectivity index (χ3v) is 4.98. The summed E-state index contributed by atoms with van der Waals surface area (Å²) in [5, 5.41) is 6.27. The average Bonchev–Trinajstić information content (AvgIpc) is 3.06. The number of hydrogen-bond donors (Lipinski definition) is 1. The molecule has 2 aromatic carbocycles. The maximum Gasteiger partial charge on any atom is 0.417 e. The molecule has 3 aromatic rings. The third kappa shape index (κ3) is 5.28. The minimum atomic E-state index is -4.65. The van der Waals surface area contributed by atoms with Gasteiger partial charge in [0, 0.05) is 24.0 Å². The summed E-state index contributed by atoms with van der Waals surface area (Å²) in [6, 6.07) is 11.7. The molecule has 0 bridgehead atoms. The molecule has 0 fully saturated rings. The largest absolute Gasteiger partial charge is 0.417 e. The molecular formula is C22H20ClF3N4O2. The lowest BCUT2D eigenvalue weighted by Gasteiger charge is -2.18. The third-order valence-electron chi connectivity index (χ3n) is 4.65. The first kappa shape index (κ1) is 23.3. The number of nitrogens with zero attached hydrogens (tertiary/aromatic N) is 3. The Morgan fingerprint density at radius 1 is 1.09 bits per heavy atom. The van der Waals surface area contributed by atoms with Gasteiger partial charge in [0.1, 0.15) is 0 Å². The topological polar surface area (TPSA) is 67.2 Å². The molecule has 2 amide bonds. The normalized spacial score (nSPS) is 11.3. The van der Waals surface area contributed by atoms with Crippen LogP contribution in [-0.2, 0) is 11.0 Å². The van der Waals surface area contributed by atoms with Crippen LogP contribution >= 0.6 is 11.6 Å². The second-order valence-corrected chi connectivity index (χ2v) is 7.69. The fourth-order valence-corrected chi connectivity index (χ4v) is 3.39. The number of rotatable bonds is 5. The molecule has 0 saturated heterocycles. The van der Waals surface area contributed by atoms with Gasteiger partial charge in [-0.15, -0.1) is 0 Å². The number of likely N-dealkylation sites (N-methyl/N-ethyl adjacent to an activating group) is 1. The van der Waals surface area contributed by atoms with Crippen molar-refractivity contribution in [1.82, 2.24) is 14.7 Å². The van der Waals surface area contributed by atoms with E-state index in [-0.39, 0.29) is 12.2 Å². The standard InChI is InChI=1S/C22H20ClF3N4O2/c1-13-10-14(2)30(28-13)17-7-4-15(5-8-17)21(32)29(3)12-20(31)27-16-6-9-19(23)18(11-16)22(24,25)26/h4-11H,12H2,1-3H3,(H,27,31). The number of aryl methyl sites for hydroxylation is 2. The quantitative estimate of drug-likeness (QED) is 0.585. The second kappa shape index (κ2) is 9.04. The molecule has 0 saturated carbocycles. The van der Waals surface area contributed by atoms with Crippen molar-refractivity contribution in [3.05, 3.63) is 76.1 Å². The number of amides is 2. The van der Waals surface area contributed by atoms with Crippen LogP contribution in [0.2, 0.25) is 5.02 Å². The van der Waals surface area contributed by atoms with Gasteiger partial charge in [-0.1, -0.05) is 11.6 Å². The van der Waals surface area contributed by atoms with Crippen molar-refractivity contribution in [2.45, 2.75) is 20.0 Å². The number of anilines is 1. The summed E-state index contributed by atoms with van der Waals surface area (Å²) in [5.41, 5.74) is 1.85. The summed E-state index contributed by atoms with van der Waals surface area (Å²) in [7, 11) is 1.43. The fraction of sp³-hybridized carbons (Fsp3) is 0.227. The second-order valence-electron chi connectivity index (χ2n) is 7.29. The van der Waals surface area contributed by atoms with Crippen LogP contribution in [0.1, 0.15) is 27.3 Å². The van der Waals surface area contributed by atoms with E-state index < -0.39 is 28.6 Å². The monoisotopic (exact) mass is 464 g/mol. The van der Waals surface area contributed by atoms with Crippen molar-refractivity contribution in [1.29, 1.82) is 0 Å². The highest BCUT2D eigenvalue weighted by molar-refractivity contribution is 6.31. The lowest BCUT2D eigenvalue weighted by atomic mass is 10.1. The van der Waals surface area contributed by atoms with E-state index in [4.69, 9.17) is 11.6 Å². The van der Waals surface area contributed by atoms with E-state index in [9.17, 15) is 22.8 Å². The van der Waals surface area contributed by atoms with Crippen LogP contribution < -0.4 is 5.32 Å². The lowest BCUT2D eigenvalue weighted by Crippen LogP contribution is -2.35. The fourth-order valence-electron chi connectivity index (χ4n) is 3.16. The highest BCUT2D eigenvalue weighted by atomic mass is 35.5. The Bertz CT molecular complexity index is 1160. The van der Waals surface area contributed by atoms with Gasteiger partial charge in [-0.25, -0.2) is 4.68 Å². The van der Waals surface area contributed by atoms with Crippen LogP contribution in [0.25, 0.3) is 5.69 Å². The van der Waals surface area contributed by atoms with Gasteiger partial charge in [0.2, 0.25) is 5.91 Å². The van der Waals surface area contributed by atoms with Crippen LogP contribution in [0.4, 0.5) is 18.9 Å². The summed E-state index contributed by atoms with van der Waals surface area (Å²) in [6.07, 6.45) is -4.65. The molecule has 0 aliphatic carbocycles. The van der Waals surface area contributed by atoms with Crippen molar-refractivity contribution in [3.8, 4) is 5.69 Å². The SMILES string of the molecule is Cc1cc(C)n(-c2ccc(C(=O)N(C)CC(=O)Nc3ccc(Cl)c(C(F)(F)F)c3)cc2)n1. The molecule has 0 radical (unpaired) electrons. The van der Waals surface area contributed by atoms with E-state index in [0.717, 1.165) is 29.2 Å².